The maximum Gasteiger partial charge on any atom is 0.277 e. The predicted octanol–water partition coefficient (Wildman–Crippen LogP) is 3.36. The molecule has 0 saturated heterocycles. The molecule has 156 valence electrons. The van der Waals surface area contributed by atoms with Crippen molar-refractivity contribution in [3.8, 4) is 5.75 Å². The highest BCUT2D eigenvalue weighted by atomic mass is 16.5. The Kier molecular flexibility index (Phi) is 5.70. The third kappa shape index (κ3) is 3.87. The molecule has 0 bridgehead atoms. The number of benzene rings is 1. The van der Waals surface area contributed by atoms with Crippen LogP contribution in [0, 0.1) is 6.92 Å². The van der Waals surface area contributed by atoms with E-state index < -0.39 is 0 Å². The van der Waals surface area contributed by atoms with Crippen molar-refractivity contribution in [2.24, 2.45) is 0 Å². The lowest BCUT2D eigenvalue weighted by molar-refractivity contribution is -0.120. The van der Waals surface area contributed by atoms with Crippen LogP contribution in [0.15, 0.2) is 48.7 Å². The summed E-state index contributed by atoms with van der Waals surface area (Å²) in [5.74, 6) is 0.0656. The topological polar surface area (TPSA) is 75.9 Å². The van der Waals surface area contributed by atoms with Crippen molar-refractivity contribution in [1.82, 2.24) is 14.7 Å². The number of para-hydroxylation sites is 2. The average molecular weight is 406 g/mol. The second kappa shape index (κ2) is 8.57. The SMILES string of the molecule is COc1ccccc1N(CC(=O)NC1CCCC1)C(=O)c1c(C)nc2ccccn12. The quantitative estimate of drug-likeness (QED) is 0.681. The van der Waals surface area contributed by atoms with Crippen molar-refractivity contribution in [2.45, 2.75) is 38.6 Å². The predicted molar refractivity (Wildman–Crippen MR) is 115 cm³/mol. The van der Waals surface area contributed by atoms with Gasteiger partial charge in [-0.05, 0) is 44.0 Å². The van der Waals surface area contributed by atoms with Gasteiger partial charge in [-0.25, -0.2) is 4.98 Å². The number of rotatable bonds is 6. The number of fused-ring (bicyclic) bond motifs is 1. The summed E-state index contributed by atoms with van der Waals surface area (Å²) >= 11 is 0. The van der Waals surface area contributed by atoms with Crippen LogP contribution in [-0.4, -0.2) is 40.9 Å². The number of hydrogen-bond donors (Lipinski definition) is 1. The summed E-state index contributed by atoms with van der Waals surface area (Å²) in [4.78, 5) is 32.5. The molecule has 1 aliphatic carbocycles. The van der Waals surface area contributed by atoms with Gasteiger partial charge in [-0.3, -0.25) is 18.9 Å². The lowest BCUT2D eigenvalue weighted by Crippen LogP contribution is -2.44. The van der Waals surface area contributed by atoms with Crippen LogP contribution in [0.4, 0.5) is 5.69 Å². The van der Waals surface area contributed by atoms with Gasteiger partial charge in [0.15, 0.2) is 0 Å². The average Bonchev–Trinajstić information content (AvgIpc) is 3.38. The largest absolute Gasteiger partial charge is 0.495 e. The molecule has 3 aromatic rings. The molecule has 7 nitrogen and oxygen atoms in total. The van der Waals surface area contributed by atoms with Crippen molar-refractivity contribution in [3.05, 3.63) is 60.0 Å². The number of aromatic nitrogens is 2. The van der Waals surface area contributed by atoms with E-state index >= 15 is 0 Å². The van der Waals surface area contributed by atoms with Gasteiger partial charge in [-0.15, -0.1) is 0 Å². The smallest absolute Gasteiger partial charge is 0.277 e. The minimum absolute atomic E-state index is 0.0881. The maximum atomic E-state index is 13.7. The van der Waals surface area contributed by atoms with Crippen LogP contribution in [0.1, 0.15) is 41.9 Å². The Morgan fingerprint density at radius 3 is 2.67 bits per heavy atom. The molecule has 2 amide bonds. The molecule has 0 aliphatic heterocycles. The van der Waals surface area contributed by atoms with E-state index in [2.05, 4.69) is 10.3 Å². The number of anilines is 1. The molecule has 0 unspecified atom stereocenters. The van der Waals surface area contributed by atoms with Gasteiger partial charge in [0.2, 0.25) is 5.91 Å². The van der Waals surface area contributed by atoms with E-state index in [1.165, 1.54) is 4.90 Å². The Balaban J connectivity index is 1.71. The molecule has 0 radical (unpaired) electrons. The number of carbonyl (C=O) groups excluding carboxylic acids is 2. The molecule has 4 rings (SSSR count). The molecular weight excluding hydrogens is 380 g/mol. The molecule has 1 saturated carbocycles. The maximum absolute atomic E-state index is 13.7. The van der Waals surface area contributed by atoms with Gasteiger partial charge in [0.25, 0.3) is 5.91 Å². The highest BCUT2D eigenvalue weighted by Crippen LogP contribution is 2.29. The number of hydrogen-bond acceptors (Lipinski definition) is 4. The molecule has 1 N–H and O–H groups in total. The molecule has 1 aromatic carbocycles. The van der Waals surface area contributed by atoms with Crippen LogP contribution in [0.25, 0.3) is 5.65 Å². The van der Waals surface area contributed by atoms with Gasteiger partial charge in [0.1, 0.15) is 23.6 Å². The first-order valence-corrected chi connectivity index (χ1v) is 10.3. The number of pyridine rings is 1. The molecule has 2 aromatic heterocycles. The van der Waals surface area contributed by atoms with Crippen molar-refractivity contribution >= 4 is 23.1 Å². The van der Waals surface area contributed by atoms with E-state index in [0.717, 1.165) is 25.7 Å². The number of imidazole rings is 1. The van der Waals surface area contributed by atoms with E-state index in [1.807, 2.05) is 36.5 Å². The first kappa shape index (κ1) is 19.9. The van der Waals surface area contributed by atoms with Crippen LogP contribution in [0.2, 0.25) is 0 Å². The van der Waals surface area contributed by atoms with Gasteiger partial charge in [-0.1, -0.05) is 31.0 Å². The number of carbonyl (C=O) groups is 2. The number of amides is 2. The molecule has 1 aliphatic rings. The summed E-state index contributed by atoms with van der Waals surface area (Å²) in [6.07, 6.45) is 6.03. The fourth-order valence-corrected chi connectivity index (χ4v) is 4.11. The minimum atomic E-state index is -0.294. The Morgan fingerprint density at radius 2 is 1.90 bits per heavy atom. The van der Waals surface area contributed by atoms with Gasteiger partial charge in [0, 0.05) is 12.2 Å². The van der Waals surface area contributed by atoms with E-state index in [-0.39, 0.29) is 24.4 Å². The van der Waals surface area contributed by atoms with Crippen LogP contribution in [-0.2, 0) is 4.79 Å². The van der Waals surface area contributed by atoms with Crippen LogP contribution in [0.5, 0.6) is 5.75 Å². The Morgan fingerprint density at radius 1 is 1.17 bits per heavy atom. The van der Waals surface area contributed by atoms with Crippen LogP contribution in [0.3, 0.4) is 0 Å². The zero-order valence-corrected chi connectivity index (χ0v) is 17.3. The Labute approximate surface area is 175 Å². The molecule has 30 heavy (non-hydrogen) atoms. The van der Waals surface area contributed by atoms with Gasteiger partial charge >= 0.3 is 0 Å². The zero-order valence-electron chi connectivity index (χ0n) is 17.3. The number of ether oxygens (including phenoxy) is 1. The second-order valence-electron chi connectivity index (χ2n) is 7.59. The van der Waals surface area contributed by atoms with Gasteiger partial charge in [0.05, 0.1) is 18.5 Å². The Bertz CT molecular complexity index is 1070. The van der Waals surface area contributed by atoms with Crippen molar-refractivity contribution < 1.29 is 14.3 Å². The molecule has 7 heteroatoms. The van der Waals surface area contributed by atoms with E-state index in [1.54, 1.807) is 30.6 Å². The third-order valence-electron chi connectivity index (χ3n) is 5.55. The second-order valence-corrected chi connectivity index (χ2v) is 7.59. The molecule has 2 heterocycles. The zero-order chi connectivity index (χ0) is 21.1. The Hall–Kier alpha value is -3.35. The van der Waals surface area contributed by atoms with Gasteiger partial charge < -0.3 is 10.1 Å². The fourth-order valence-electron chi connectivity index (χ4n) is 4.11. The number of nitrogens with one attached hydrogen (secondary N) is 1. The summed E-state index contributed by atoms with van der Waals surface area (Å²) in [6, 6.07) is 13.0. The highest BCUT2D eigenvalue weighted by molar-refractivity contribution is 6.09. The lowest BCUT2D eigenvalue weighted by Gasteiger charge is -2.25. The molecular formula is C23H26N4O3. The molecule has 0 spiro atoms. The summed E-state index contributed by atoms with van der Waals surface area (Å²) in [6.45, 7) is 1.72. The normalized spacial score (nSPS) is 14.1. The van der Waals surface area contributed by atoms with E-state index in [9.17, 15) is 9.59 Å². The summed E-state index contributed by atoms with van der Waals surface area (Å²) < 4.78 is 7.24. The monoisotopic (exact) mass is 406 g/mol. The first-order valence-electron chi connectivity index (χ1n) is 10.3. The van der Waals surface area contributed by atoms with Gasteiger partial charge in [-0.2, -0.15) is 0 Å². The standard InChI is InChI=1S/C23H26N4O3/c1-16-22(26-14-8-7-13-20(26)24-16)23(29)27(18-11-5-6-12-19(18)30-2)15-21(28)25-17-9-3-4-10-17/h5-8,11-14,17H,3-4,9-10,15H2,1-2H3,(H,25,28). The summed E-state index contributed by atoms with van der Waals surface area (Å²) in [5, 5.41) is 3.07. The number of aryl methyl sites for hydroxylation is 1. The number of methoxy groups -OCH3 is 1. The fraction of sp³-hybridized carbons (Fsp3) is 0.348. The summed E-state index contributed by atoms with van der Waals surface area (Å²) in [7, 11) is 1.56. The van der Waals surface area contributed by atoms with Crippen LogP contribution >= 0.6 is 0 Å². The highest BCUT2D eigenvalue weighted by Gasteiger charge is 2.28. The first-order chi connectivity index (χ1) is 14.6. The van der Waals surface area contributed by atoms with E-state index in [4.69, 9.17) is 4.74 Å². The lowest BCUT2D eigenvalue weighted by atomic mass is 10.2. The third-order valence-corrected chi connectivity index (χ3v) is 5.55. The van der Waals surface area contributed by atoms with E-state index in [0.29, 0.717) is 28.5 Å². The number of nitrogens with zero attached hydrogens (tertiary/aromatic N) is 3. The molecule has 0 atom stereocenters. The van der Waals surface area contributed by atoms with Crippen molar-refractivity contribution in [3.63, 3.8) is 0 Å². The van der Waals surface area contributed by atoms with Crippen molar-refractivity contribution in [1.29, 1.82) is 0 Å². The van der Waals surface area contributed by atoms with Crippen LogP contribution < -0.4 is 15.0 Å². The summed E-state index contributed by atoms with van der Waals surface area (Å²) in [5.41, 5.74) is 2.29. The minimum Gasteiger partial charge on any atom is -0.495 e. The molecule has 1 fully saturated rings. The van der Waals surface area contributed by atoms with Crippen molar-refractivity contribution in [2.75, 3.05) is 18.6 Å².